The first-order valence-corrected chi connectivity index (χ1v) is 14.6. The van der Waals surface area contributed by atoms with Crippen molar-refractivity contribution in [3.8, 4) is 5.75 Å². The molecule has 0 atom stereocenters. The number of methoxy groups -OCH3 is 1. The molecule has 0 aliphatic carbocycles. The minimum absolute atomic E-state index is 0.0345. The van der Waals surface area contributed by atoms with Crippen LogP contribution in [0.3, 0.4) is 0 Å². The number of anilines is 2. The number of hydrogen-bond acceptors (Lipinski definition) is 6. The Morgan fingerprint density at radius 2 is 1.52 bits per heavy atom. The van der Waals surface area contributed by atoms with E-state index < -0.39 is 0 Å². The maximum absolute atomic E-state index is 13.3. The Bertz CT molecular complexity index is 1370. The van der Waals surface area contributed by atoms with Crippen LogP contribution in [-0.4, -0.2) is 87.0 Å². The first kappa shape index (κ1) is 29.1. The van der Waals surface area contributed by atoms with Gasteiger partial charge in [0, 0.05) is 57.9 Å². The number of ether oxygens (including phenoxy) is 1. The zero-order valence-corrected chi connectivity index (χ0v) is 24.2. The Kier molecular flexibility index (Phi) is 9.71. The minimum atomic E-state index is -0.139. The van der Waals surface area contributed by atoms with Crippen molar-refractivity contribution in [2.24, 2.45) is 0 Å². The van der Waals surface area contributed by atoms with E-state index in [0.717, 1.165) is 48.6 Å². The molecule has 2 heterocycles. The summed E-state index contributed by atoms with van der Waals surface area (Å²) in [7, 11) is 1.63. The predicted molar refractivity (Wildman–Crippen MR) is 164 cm³/mol. The van der Waals surface area contributed by atoms with Crippen molar-refractivity contribution in [1.82, 2.24) is 15.1 Å². The lowest BCUT2D eigenvalue weighted by molar-refractivity contribution is -0.130. The van der Waals surface area contributed by atoms with Crippen molar-refractivity contribution < 1.29 is 19.1 Å². The van der Waals surface area contributed by atoms with Crippen LogP contribution >= 0.6 is 0 Å². The van der Waals surface area contributed by atoms with E-state index in [1.165, 1.54) is 0 Å². The maximum Gasteiger partial charge on any atom is 0.254 e. The fourth-order valence-electron chi connectivity index (χ4n) is 5.51. The van der Waals surface area contributed by atoms with Gasteiger partial charge in [-0.15, -0.1) is 0 Å². The van der Waals surface area contributed by atoms with Crippen LogP contribution in [0, 0.1) is 0 Å². The number of amides is 3. The summed E-state index contributed by atoms with van der Waals surface area (Å²) in [6.45, 7) is 5.46. The first-order chi connectivity index (χ1) is 20.5. The molecule has 9 heteroatoms. The van der Waals surface area contributed by atoms with E-state index in [1.807, 2.05) is 76.5 Å². The van der Waals surface area contributed by atoms with Crippen LogP contribution in [0.25, 0.3) is 0 Å². The van der Waals surface area contributed by atoms with Crippen LogP contribution in [0.1, 0.15) is 27.9 Å². The first-order valence-electron chi connectivity index (χ1n) is 14.6. The van der Waals surface area contributed by atoms with Crippen LogP contribution in [0.15, 0.2) is 72.8 Å². The molecule has 5 rings (SSSR count). The quantitative estimate of drug-likeness (QED) is 0.433. The van der Waals surface area contributed by atoms with Gasteiger partial charge in [-0.3, -0.25) is 14.4 Å². The van der Waals surface area contributed by atoms with Gasteiger partial charge in [0.25, 0.3) is 5.91 Å². The zero-order valence-electron chi connectivity index (χ0n) is 24.2. The molecule has 0 spiro atoms. The lowest BCUT2D eigenvalue weighted by atomic mass is 10.1. The third-order valence-corrected chi connectivity index (χ3v) is 7.83. The topological polar surface area (TPSA) is 94.2 Å². The van der Waals surface area contributed by atoms with Crippen molar-refractivity contribution in [1.29, 1.82) is 0 Å². The number of benzene rings is 3. The van der Waals surface area contributed by atoms with Gasteiger partial charge in [0.1, 0.15) is 5.75 Å². The van der Waals surface area contributed by atoms with E-state index in [9.17, 15) is 14.4 Å². The zero-order chi connectivity index (χ0) is 29.3. The molecule has 3 aromatic rings. The Morgan fingerprint density at radius 3 is 2.26 bits per heavy atom. The molecule has 2 aliphatic rings. The highest BCUT2D eigenvalue weighted by Gasteiger charge is 2.24. The van der Waals surface area contributed by atoms with Crippen molar-refractivity contribution in [2.45, 2.75) is 19.3 Å². The normalized spacial score (nSPS) is 15.6. The second-order valence-electron chi connectivity index (χ2n) is 10.7. The number of nitrogens with zero attached hydrogens (tertiary/aromatic N) is 3. The van der Waals surface area contributed by atoms with Crippen molar-refractivity contribution >= 4 is 29.1 Å². The van der Waals surface area contributed by atoms with E-state index in [1.54, 1.807) is 13.2 Å². The Balaban J connectivity index is 1.31. The molecule has 3 amide bonds. The van der Waals surface area contributed by atoms with Crippen molar-refractivity contribution in [3.63, 3.8) is 0 Å². The molecule has 9 nitrogen and oxygen atoms in total. The minimum Gasteiger partial charge on any atom is -0.497 e. The van der Waals surface area contributed by atoms with Crippen LogP contribution in [-0.2, 0) is 22.4 Å². The molecule has 220 valence electrons. The molecule has 0 bridgehead atoms. The molecule has 0 unspecified atom stereocenters. The molecule has 0 aromatic heterocycles. The largest absolute Gasteiger partial charge is 0.497 e. The summed E-state index contributed by atoms with van der Waals surface area (Å²) in [4.78, 5) is 45.5. The molecule has 2 N–H and O–H groups in total. The van der Waals surface area contributed by atoms with Gasteiger partial charge < -0.3 is 30.1 Å². The molecular weight excluding hydrogens is 530 g/mol. The van der Waals surface area contributed by atoms with Gasteiger partial charge in [-0.05, 0) is 47.9 Å². The summed E-state index contributed by atoms with van der Waals surface area (Å²) >= 11 is 0. The number of piperazine rings is 1. The second-order valence-corrected chi connectivity index (χ2v) is 10.7. The highest BCUT2D eigenvalue weighted by Crippen LogP contribution is 2.29. The van der Waals surface area contributed by atoms with Gasteiger partial charge in [-0.25, -0.2) is 0 Å². The van der Waals surface area contributed by atoms with Crippen LogP contribution in [0.4, 0.5) is 11.4 Å². The van der Waals surface area contributed by atoms with E-state index in [2.05, 4.69) is 15.5 Å². The number of nitrogens with one attached hydrogen (secondary N) is 2. The van der Waals surface area contributed by atoms with Gasteiger partial charge >= 0.3 is 0 Å². The molecule has 42 heavy (non-hydrogen) atoms. The van der Waals surface area contributed by atoms with Gasteiger partial charge in [0.15, 0.2) is 0 Å². The highest BCUT2D eigenvalue weighted by molar-refractivity contribution is 6.00. The summed E-state index contributed by atoms with van der Waals surface area (Å²) in [5, 5.41) is 6.38. The number of rotatable bonds is 8. The van der Waals surface area contributed by atoms with Crippen LogP contribution < -0.4 is 20.3 Å². The Morgan fingerprint density at radius 1 is 0.786 bits per heavy atom. The molecule has 2 fully saturated rings. The van der Waals surface area contributed by atoms with E-state index in [4.69, 9.17) is 4.74 Å². The second kappa shape index (κ2) is 14.0. The average Bonchev–Trinajstić information content (AvgIpc) is 3.28. The van der Waals surface area contributed by atoms with Gasteiger partial charge in [0.2, 0.25) is 11.8 Å². The lowest BCUT2D eigenvalue weighted by Gasteiger charge is -2.29. The van der Waals surface area contributed by atoms with Crippen molar-refractivity contribution in [3.05, 3.63) is 89.5 Å². The van der Waals surface area contributed by atoms with Crippen LogP contribution in [0.5, 0.6) is 5.75 Å². The number of hydrogen-bond donors (Lipinski definition) is 2. The summed E-state index contributed by atoms with van der Waals surface area (Å²) < 4.78 is 5.22. The Hall–Kier alpha value is -4.37. The monoisotopic (exact) mass is 569 g/mol. The number of carbonyl (C=O) groups excluding carboxylic acids is 3. The van der Waals surface area contributed by atoms with Gasteiger partial charge in [-0.2, -0.15) is 0 Å². The number of carbonyl (C=O) groups is 3. The molecule has 2 aliphatic heterocycles. The summed E-state index contributed by atoms with van der Waals surface area (Å²) in [5.41, 5.74) is 3.91. The molecular formula is C33H39N5O4. The Labute approximate surface area is 247 Å². The molecule has 2 saturated heterocycles. The summed E-state index contributed by atoms with van der Waals surface area (Å²) in [6.07, 6.45) is 1.38. The molecule has 0 saturated carbocycles. The predicted octanol–water partition coefficient (Wildman–Crippen LogP) is 3.20. The highest BCUT2D eigenvalue weighted by atomic mass is 16.5. The van der Waals surface area contributed by atoms with E-state index in [0.29, 0.717) is 50.4 Å². The smallest absolute Gasteiger partial charge is 0.254 e. The van der Waals surface area contributed by atoms with Gasteiger partial charge in [-0.1, -0.05) is 42.5 Å². The fraction of sp³-hybridized carbons (Fsp3) is 0.364. The van der Waals surface area contributed by atoms with Gasteiger partial charge in [0.05, 0.1) is 31.3 Å². The van der Waals surface area contributed by atoms with Crippen molar-refractivity contribution in [2.75, 3.05) is 69.7 Å². The maximum atomic E-state index is 13.3. The average molecular weight is 570 g/mol. The fourth-order valence-corrected chi connectivity index (χ4v) is 5.51. The third kappa shape index (κ3) is 7.47. The molecule has 0 radical (unpaired) electrons. The third-order valence-electron chi connectivity index (χ3n) is 7.83. The van der Waals surface area contributed by atoms with E-state index >= 15 is 0 Å². The standard InChI is InChI=1S/C33H39N5O4/c1-42-28-11-8-26(9-12-28)23-32(40)37-17-5-16-36(20-21-37)30-13-10-27(33(41)38-18-14-34-15-19-38)24-29(30)35-31(39)22-25-6-3-2-4-7-25/h2-4,6-13,24,34H,5,14-23H2,1H3,(H,35,39). The summed E-state index contributed by atoms with van der Waals surface area (Å²) in [5.74, 6) is 0.687. The lowest BCUT2D eigenvalue weighted by Crippen LogP contribution is -2.46. The summed E-state index contributed by atoms with van der Waals surface area (Å²) in [6, 6.07) is 22.8. The van der Waals surface area contributed by atoms with Crippen LogP contribution in [0.2, 0.25) is 0 Å². The SMILES string of the molecule is COc1ccc(CC(=O)N2CCCN(c3ccc(C(=O)N4CCNCC4)cc3NC(=O)Cc3ccccc3)CC2)cc1. The molecule has 3 aromatic carbocycles. The van der Waals surface area contributed by atoms with E-state index in [-0.39, 0.29) is 24.1 Å².